The van der Waals surface area contributed by atoms with E-state index < -0.39 is 0 Å². The number of fused-ring (bicyclic) bond motifs is 8. The zero-order valence-electron chi connectivity index (χ0n) is 13.4. The topological polar surface area (TPSA) is 40.6 Å². The highest BCUT2D eigenvalue weighted by molar-refractivity contribution is 6.06. The van der Waals surface area contributed by atoms with Crippen LogP contribution in [0.4, 0.5) is 0 Å². The van der Waals surface area contributed by atoms with Gasteiger partial charge in [0.15, 0.2) is 0 Å². The Hall–Kier alpha value is -2.46. The second-order valence-electron chi connectivity index (χ2n) is 6.96. The van der Waals surface area contributed by atoms with Gasteiger partial charge in [0.1, 0.15) is 0 Å². The number of carbonyl (C=O) groups excluding carboxylic acids is 2. The van der Waals surface area contributed by atoms with Crippen molar-refractivity contribution in [2.75, 3.05) is 7.05 Å². The molecule has 24 heavy (non-hydrogen) atoms. The molecule has 2 aromatic carbocycles. The molecule has 2 fully saturated rings. The molecule has 0 radical (unpaired) electrons. The number of rotatable bonds is 2. The molecule has 4 nitrogen and oxygen atoms in total. The van der Waals surface area contributed by atoms with Crippen molar-refractivity contribution in [2.24, 2.45) is 11.8 Å². The molecule has 4 heteroatoms. The van der Waals surface area contributed by atoms with Gasteiger partial charge in [0.25, 0.3) is 0 Å². The van der Waals surface area contributed by atoms with E-state index in [1.165, 1.54) is 21.6 Å². The van der Waals surface area contributed by atoms with E-state index in [0.29, 0.717) is 0 Å². The molecule has 3 heterocycles. The van der Waals surface area contributed by atoms with Gasteiger partial charge < -0.3 is 0 Å². The first-order valence-corrected chi connectivity index (χ1v) is 8.38. The van der Waals surface area contributed by atoms with E-state index in [1.54, 1.807) is 7.05 Å². The molecule has 0 saturated carbocycles. The lowest BCUT2D eigenvalue weighted by Crippen LogP contribution is -2.33. The van der Waals surface area contributed by atoms with Gasteiger partial charge in [-0.2, -0.15) is 0 Å². The molecule has 2 amide bonds. The Labute approximate surface area is 140 Å². The monoisotopic (exact) mass is 318 g/mol. The van der Waals surface area contributed by atoms with Gasteiger partial charge in [-0.15, -0.1) is 0 Å². The maximum Gasteiger partial charge on any atom is 0.234 e. The minimum atomic E-state index is -0.230. The fraction of sp³-hybridized carbons (Fsp3) is 0.300. The van der Waals surface area contributed by atoms with Gasteiger partial charge >= 0.3 is 0 Å². The van der Waals surface area contributed by atoms with Crippen LogP contribution in [0.1, 0.15) is 28.8 Å². The summed E-state index contributed by atoms with van der Waals surface area (Å²) in [5, 5.41) is 0. The Morgan fingerprint density at radius 2 is 1.29 bits per heavy atom. The summed E-state index contributed by atoms with van der Waals surface area (Å²) in [6, 6.07) is 18.6. The second kappa shape index (κ2) is 4.77. The Bertz CT molecular complexity index is 799. The first-order valence-electron chi connectivity index (χ1n) is 8.38. The van der Waals surface area contributed by atoms with Crippen molar-refractivity contribution in [3.63, 3.8) is 0 Å². The average molecular weight is 318 g/mol. The fourth-order valence-corrected chi connectivity index (χ4v) is 4.90. The molecule has 2 aromatic rings. The molecule has 3 aliphatic heterocycles. The van der Waals surface area contributed by atoms with Gasteiger partial charge in [0, 0.05) is 25.7 Å². The molecular formula is C20H18N2O2. The zero-order chi connectivity index (χ0) is 16.4. The summed E-state index contributed by atoms with van der Waals surface area (Å²) < 4.78 is 0. The smallest absolute Gasteiger partial charge is 0.234 e. The van der Waals surface area contributed by atoms with Crippen LogP contribution >= 0.6 is 0 Å². The van der Waals surface area contributed by atoms with Crippen LogP contribution in [0, 0.1) is 11.8 Å². The summed E-state index contributed by atoms with van der Waals surface area (Å²) in [6.07, 6.45) is 0. The largest absolute Gasteiger partial charge is 0.285 e. The molecule has 0 N–H and O–H groups in total. The van der Waals surface area contributed by atoms with Gasteiger partial charge in [-0.05, 0) is 16.7 Å². The molecule has 4 atom stereocenters. The number of nitrogens with zero attached hydrogens (tertiary/aromatic N) is 2. The standard InChI is InChI=1S/C20H18N2O2/c1-21-19(23)15-16(20(21)24)18-14-10-6-5-9-13(14)17(15)22(18)11-12-7-3-2-4-8-12/h2-10,15-18H,11H2,1H3/t15-,16+,17-,18+. The minimum Gasteiger partial charge on any atom is -0.285 e. The average Bonchev–Trinajstić information content (AvgIpc) is 3.18. The quantitative estimate of drug-likeness (QED) is 0.799. The highest BCUT2D eigenvalue weighted by atomic mass is 16.2. The lowest BCUT2D eigenvalue weighted by molar-refractivity contribution is -0.139. The van der Waals surface area contributed by atoms with E-state index in [4.69, 9.17) is 0 Å². The van der Waals surface area contributed by atoms with E-state index >= 15 is 0 Å². The minimum absolute atomic E-state index is 0.0119. The van der Waals surface area contributed by atoms with Crippen molar-refractivity contribution in [1.82, 2.24) is 9.80 Å². The van der Waals surface area contributed by atoms with Crippen molar-refractivity contribution in [2.45, 2.75) is 18.6 Å². The number of imide groups is 1. The molecule has 0 spiro atoms. The second-order valence-corrected chi connectivity index (χ2v) is 6.96. The molecule has 2 bridgehead atoms. The Morgan fingerprint density at radius 3 is 1.83 bits per heavy atom. The van der Waals surface area contributed by atoms with Gasteiger partial charge in [0.05, 0.1) is 11.8 Å². The van der Waals surface area contributed by atoms with Gasteiger partial charge in [-0.1, -0.05) is 54.6 Å². The van der Waals surface area contributed by atoms with Crippen molar-refractivity contribution in [1.29, 1.82) is 0 Å². The highest BCUT2D eigenvalue weighted by Crippen LogP contribution is 2.62. The van der Waals surface area contributed by atoms with Crippen LogP contribution in [0.5, 0.6) is 0 Å². The van der Waals surface area contributed by atoms with E-state index in [2.05, 4.69) is 29.2 Å². The summed E-state index contributed by atoms with van der Waals surface area (Å²) in [5.74, 6) is -0.507. The van der Waals surface area contributed by atoms with Crippen LogP contribution < -0.4 is 0 Å². The predicted octanol–water partition coefficient (Wildman–Crippen LogP) is 2.53. The number of hydrogen-bond acceptors (Lipinski definition) is 3. The molecule has 5 rings (SSSR count). The van der Waals surface area contributed by atoms with Crippen molar-refractivity contribution in [3.8, 4) is 0 Å². The van der Waals surface area contributed by atoms with Crippen LogP contribution in [0.3, 0.4) is 0 Å². The third-order valence-corrected chi connectivity index (χ3v) is 5.85. The van der Waals surface area contributed by atoms with Crippen LogP contribution in [0.2, 0.25) is 0 Å². The van der Waals surface area contributed by atoms with E-state index in [1.807, 2.05) is 30.3 Å². The van der Waals surface area contributed by atoms with E-state index in [-0.39, 0.29) is 35.7 Å². The Kier molecular flexibility index (Phi) is 2.77. The van der Waals surface area contributed by atoms with Gasteiger partial charge in [-0.3, -0.25) is 19.4 Å². The van der Waals surface area contributed by atoms with Crippen LogP contribution in [-0.2, 0) is 16.1 Å². The maximum atomic E-state index is 12.7. The molecule has 0 aromatic heterocycles. The van der Waals surface area contributed by atoms with E-state index in [0.717, 1.165) is 6.54 Å². The molecule has 0 unspecified atom stereocenters. The molecular weight excluding hydrogens is 300 g/mol. The normalized spacial score (nSPS) is 30.8. The van der Waals surface area contributed by atoms with Crippen molar-refractivity contribution >= 4 is 11.8 Å². The first-order chi connectivity index (χ1) is 11.7. The summed E-state index contributed by atoms with van der Waals surface area (Å²) >= 11 is 0. The molecule has 3 aliphatic rings. The van der Waals surface area contributed by atoms with Crippen molar-refractivity contribution in [3.05, 3.63) is 71.3 Å². The summed E-state index contributed by atoms with van der Waals surface area (Å²) in [6.45, 7) is 0.766. The first kappa shape index (κ1) is 13.9. The summed E-state index contributed by atoms with van der Waals surface area (Å²) in [5.41, 5.74) is 3.65. The number of carbonyl (C=O) groups is 2. The number of hydrogen-bond donors (Lipinski definition) is 0. The lowest BCUT2D eigenvalue weighted by Gasteiger charge is -2.25. The van der Waals surface area contributed by atoms with Gasteiger partial charge in [-0.25, -0.2) is 0 Å². The predicted molar refractivity (Wildman–Crippen MR) is 88.7 cm³/mol. The number of likely N-dealkylation sites (tertiary alicyclic amines) is 1. The zero-order valence-corrected chi connectivity index (χ0v) is 13.4. The lowest BCUT2D eigenvalue weighted by atomic mass is 9.77. The molecule has 0 aliphatic carbocycles. The van der Waals surface area contributed by atoms with Crippen LogP contribution in [-0.4, -0.2) is 28.7 Å². The van der Waals surface area contributed by atoms with Crippen molar-refractivity contribution < 1.29 is 9.59 Å². The number of benzene rings is 2. The Morgan fingerprint density at radius 1 is 0.792 bits per heavy atom. The third-order valence-electron chi connectivity index (χ3n) is 5.85. The maximum absolute atomic E-state index is 12.7. The fourth-order valence-electron chi connectivity index (χ4n) is 4.90. The molecule has 120 valence electrons. The summed E-state index contributed by atoms with van der Waals surface area (Å²) in [4.78, 5) is 29.0. The molecule has 2 saturated heterocycles. The highest BCUT2D eigenvalue weighted by Gasteiger charge is 2.65. The third kappa shape index (κ3) is 1.61. The summed E-state index contributed by atoms with van der Waals surface area (Å²) in [7, 11) is 1.62. The van der Waals surface area contributed by atoms with Crippen LogP contribution in [0.15, 0.2) is 54.6 Å². The van der Waals surface area contributed by atoms with Gasteiger partial charge in [0.2, 0.25) is 11.8 Å². The van der Waals surface area contributed by atoms with E-state index in [9.17, 15) is 9.59 Å². The SMILES string of the molecule is CN1C(=O)[C@@H]2[C@H](C1=O)[C@@H]1c3ccccc3[C@H]2N1Cc1ccccc1. The number of amides is 2. The Balaban J connectivity index is 1.62. The van der Waals surface area contributed by atoms with Crippen LogP contribution in [0.25, 0.3) is 0 Å².